The third-order valence-electron chi connectivity index (χ3n) is 2.44. The van der Waals surface area contributed by atoms with Gasteiger partial charge in [0, 0.05) is 19.0 Å². The second kappa shape index (κ2) is 4.33. The van der Waals surface area contributed by atoms with Crippen molar-refractivity contribution >= 4 is 11.8 Å². The molecule has 0 atom stereocenters. The minimum absolute atomic E-state index is 0.387. The van der Waals surface area contributed by atoms with E-state index in [4.69, 9.17) is 10.5 Å². The first-order chi connectivity index (χ1) is 5.33. The van der Waals surface area contributed by atoms with Crippen LogP contribution in [0.5, 0.6) is 0 Å². The summed E-state index contributed by atoms with van der Waals surface area (Å²) >= 11 is 1.90. The van der Waals surface area contributed by atoms with Crippen LogP contribution in [-0.4, -0.2) is 31.8 Å². The van der Waals surface area contributed by atoms with Crippen molar-refractivity contribution in [1.29, 1.82) is 0 Å². The number of hydrogen-bond acceptors (Lipinski definition) is 3. The minimum Gasteiger partial charge on any atom is -0.381 e. The fourth-order valence-electron chi connectivity index (χ4n) is 1.52. The second-order valence-corrected chi connectivity index (χ2v) is 4.12. The van der Waals surface area contributed by atoms with E-state index >= 15 is 0 Å². The molecule has 0 aromatic carbocycles. The number of thioether (sulfide) groups is 1. The fraction of sp³-hybridized carbons (Fsp3) is 1.00. The van der Waals surface area contributed by atoms with Gasteiger partial charge in [0.05, 0.1) is 0 Å². The van der Waals surface area contributed by atoms with Gasteiger partial charge in [0.25, 0.3) is 0 Å². The van der Waals surface area contributed by atoms with Gasteiger partial charge in [0.1, 0.15) is 0 Å². The molecule has 3 heteroatoms. The highest BCUT2D eigenvalue weighted by molar-refractivity contribution is 7.98. The zero-order valence-electron chi connectivity index (χ0n) is 7.14. The zero-order valence-corrected chi connectivity index (χ0v) is 7.95. The second-order valence-electron chi connectivity index (χ2n) is 3.25. The van der Waals surface area contributed by atoms with Gasteiger partial charge in [-0.05, 0) is 31.1 Å². The summed E-state index contributed by atoms with van der Waals surface area (Å²) in [6.45, 7) is 2.62. The number of rotatable bonds is 3. The number of nitrogens with two attached hydrogens (primary N) is 1. The van der Waals surface area contributed by atoms with E-state index in [1.165, 1.54) is 5.75 Å². The van der Waals surface area contributed by atoms with Crippen LogP contribution in [0, 0.1) is 5.41 Å². The summed E-state index contributed by atoms with van der Waals surface area (Å²) in [5.74, 6) is 1.19. The first kappa shape index (κ1) is 9.36. The van der Waals surface area contributed by atoms with Gasteiger partial charge in [-0.15, -0.1) is 0 Å². The van der Waals surface area contributed by atoms with E-state index in [9.17, 15) is 0 Å². The summed E-state index contributed by atoms with van der Waals surface area (Å²) in [4.78, 5) is 0. The molecule has 0 amide bonds. The maximum Gasteiger partial charge on any atom is 0.0472 e. The minimum atomic E-state index is 0.387. The van der Waals surface area contributed by atoms with Crippen molar-refractivity contribution in [2.24, 2.45) is 11.1 Å². The van der Waals surface area contributed by atoms with Gasteiger partial charge < -0.3 is 10.5 Å². The lowest BCUT2D eigenvalue weighted by Gasteiger charge is -2.35. The van der Waals surface area contributed by atoms with E-state index < -0.39 is 0 Å². The van der Waals surface area contributed by atoms with Crippen LogP contribution >= 0.6 is 11.8 Å². The highest BCUT2D eigenvalue weighted by Gasteiger charge is 2.30. The molecule has 1 aliphatic rings. The van der Waals surface area contributed by atoms with Crippen molar-refractivity contribution in [3.05, 3.63) is 0 Å². The van der Waals surface area contributed by atoms with Gasteiger partial charge in [-0.2, -0.15) is 11.8 Å². The summed E-state index contributed by atoms with van der Waals surface area (Å²) in [6, 6.07) is 0. The van der Waals surface area contributed by atoms with Crippen LogP contribution in [-0.2, 0) is 4.74 Å². The summed E-state index contributed by atoms with van der Waals surface area (Å²) in [5, 5.41) is 0. The summed E-state index contributed by atoms with van der Waals surface area (Å²) in [5.41, 5.74) is 6.14. The van der Waals surface area contributed by atoms with Gasteiger partial charge in [-0.3, -0.25) is 0 Å². The van der Waals surface area contributed by atoms with E-state index in [1.807, 2.05) is 11.8 Å². The topological polar surface area (TPSA) is 35.2 Å². The van der Waals surface area contributed by atoms with Crippen molar-refractivity contribution in [2.45, 2.75) is 12.8 Å². The molecular weight excluding hydrogens is 158 g/mol. The van der Waals surface area contributed by atoms with Crippen LogP contribution in [0.1, 0.15) is 12.8 Å². The lowest BCUT2D eigenvalue weighted by atomic mass is 9.82. The van der Waals surface area contributed by atoms with Crippen molar-refractivity contribution < 1.29 is 4.74 Å². The molecule has 1 rings (SSSR count). The van der Waals surface area contributed by atoms with Crippen molar-refractivity contribution in [3.8, 4) is 0 Å². The van der Waals surface area contributed by atoms with Crippen LogP contribution in [0.3, 0.4) is 0 Å². The quantitative estimate of drug-likeness (QED) is 0.698. The summed E-state index contributed by atoms with van der Waals surface area (Å²) in [6.07, 6.45) is 4.43. The maximum absolute atomic E-state index is 5.76. The van der Waals surface area contributed by atoms with E-state index in [-0.39, 0.29) is 0 Å². The average Bonchev–Trinajstić information content (AvgIpc) is 2.07. The molecule has 0 aromatic rings. The van der Waals surface area contributed by atoms with Gasteiger partial charge in [0.2, 0.25) is 0 Å². The van der Waals surface area contributed by atoms with Crippen LogP contribution < -0.4 is 5.73 Å². The Bertz CT molecular complexity index is 107. The predicted molar refractivity (Wildman–Crippen MR) is 49.9 cm³/mol. The lowest BCUT2D eigenvalue weighted by Crippen LogP contribution is -2.38. The third kappa shape index (κ3) is 2.36. The smallest absolute Gasteiger partial charge is 0.0472 e. The Morgan fingerprint density at radius 1 is 1.45 bits per heavy atom. The molecule has 2 N–H and O–H groups in total. The Morgan fingerprint density at radius 2 is 2.09 bits per heavy atom. The Hall–Kier alpha value is 0.270. The van der Waals surface area contributed by atoms with Gasteiger partial charge in [-0.1, -0.05) is 0 Å². The molecule has 1 aliphatic heterocycles. The molecule has 1 fully saturated rings. The van der Waals surface area contributed by atoms with Crippen molar-refractivity contribution in [3.63, 3.8) is 0 Å². The third-order valence-corrected chi connectivity index (χ3v) is 3.34. The van der Waals surface area contributed by atoms with E-state index in [0.29, 0.717) is 5.41 Å². The summed E-state index contributed by atoms with van der Waals surface area (Å²) in [7, 11) is 0. The van der Waals surface area contributed by atoms with Gasteiger partial charge in [0.15, 0.2) is 0 Å². The molecular formula is C8H17NOS. The van der Waals surface area contributed by atoms with Gasteiger partial charge in [-0.25, -0.2) is 0 Å². The SMILES string of the molecule is CSCC1(CN)CCOCC1. The molecule has 0 aliphatic carbocycles. The van der Waals surface area contributed by atoms with Crippen LogP contribution in [0.25, 0.3) is 0 Å². The Morgan fingerprint density at radius 3 is 2.55 bits per heavy atom. The molecule has 1 heterocycles. The zero-order chi connectivity index (χ0) is 8.16. The maximum atomic E-state index is 5.76. The molecule has 0 unspecified atom stereocenters. The Balaban J connectivity index is 2.42. The highest BCUT2D eigenvalue weighted by atomic mass is 32.2. The van der Waals surface area contributed by atoms with Crippen LogP contribution in [0.4, 0.5) is 0 Å². The number of hydrogen-bond donors (Lipinski definition) is 1. The Kier molecular flexibility index (Phi) is 3.69. The Labute approximate surface area is 72.9 Å². The monoisotopic (exact) mass is 175 g/mol. The molecule has 0 spiro atoms. The largest absolute Gasteiger partial charge is 0.381 e. The van der Waals surface area contributed by atoms with Crippen LogP contribution in [0.15, 0.2) is 0 Å². The normalized spacial score (nSPS) is 23.5. The van der Waals surface area contributed by atoms with Crippen LogP contribution in [0.2, 0.25) is 0 Å². The molecule has 0 aromatic heterocycles. The van der Waals surface area contributed by atoms with E-state index in [1.54, 1.807) is 0 Å². The van der Waals surface area contributed by atoms with Gasteiger partial charge >= 0.3 is 0 Å². The standard InChI is InChI=1S/C8H17NOS/c1-11-7-8(6-9)2-4-10-5-3-8/h2-7,9H2,1H3. The average molecular weight is 175 g/mol. The molecule has 66 valence electrons. The fourth-order valence-corrected chi connectivity index (χ4v) is 2.54. The molecule has 0 radical (unpaired) electrons. The summed E-state index contributed by atoms with van der Waals surface area (Å²) < 4.78 is 5.31. The molecule has 1 saturated heterocycles. The lowest BCUT2D eigenvalue weighted by molar-refractivity contribution is 0.0304. The first-order valence-corrected chi connectivity index (χ1v) is 5.49. The molecule has 0 bridgehead atoms. The predicted octanol–water partition coefficient (Wildman–Crippen LogP) is 1.10. The van der Waals surface area contributed by atoms with Crippen molar-refractivity contribution in [1.82, 2.24) is 0 Å². The van der Waals surface area contributed by atoms with Crippen molar-refractivity contribution in [2.75, 3.05) is 31.8 Å². The highest BCUT2D eigenvalue weighted by Crippen LogP contribution is 2.31. The molecule has 0 saturated carbocycles. The molecule has 2 nitrogen and oxygen atoms in total. The van der Waals surface area contributed by atoms with E-state index in [2.05, 4.69) is 6.26 Å². The first-order valence-electron chi connectivity index (χ1n) is 4.10. The van der Waals surface area contributed by atoms with E-state index in [0.717, 1.165) is 32.6 Å². The number of ether oxygens (including phenoxy) is 1. The molecule has 11 heavy (non-hydrogen) atoms.